The lowest BCUT2D eigenvalue weighted by Gasteiger charge is -2.22. The van der Waals surface area contributed by atoms with Gasteiger partial charge in [-0.15, -0.1) is 5.10 Å². The Bertz CT molecular complexity index is 774. The van der Waals surface area contributed by atoms with Crippen molar-refractivity contribution in [2.45, 2.75) is 45.1 Å². The largest absolute Gasteiger partial charge is 0.295 e. The highest BCUT2D eigenvalue weighted by Gasteiger charge is 2.32. The molecule has 0 radical (unpaired) electrons. The third-order valence-corrected chi connectivity index (χ3v) is 4.00. The van der Waals surface area contributed by atoms with Crippen LogP contribution in [-0.4, -0.2) is 21.6 Å². The van der Waals surface area contributed by atoms with Crippen molar-refractivity contribution in [2.24, 2.45) is 0 Å². The molecule has 22 heavy (non-hydrogen) atoms. The Morgan fingerprint density at radius 2 is 2.05 bits per heavy atom. The molecule has 116 valence electrons. The summed E-state index contributed by atoms with van der Waals surface area (Å²) in [5, 5.41) is 6.67. The van der Waals surface area contributed by atoms with Crippen LogP contribution in [0.1, 0.15) is 45.2 Å². The van der Waals surface area contributed by atoms with Crippen molar-refractivity contribution < 1.29 is 14.0 Å². The van der Waals surface area contributed by atoms with Crippen molar-refractivity contribution in [1.29, 1.82) is 0 Å². The molecule has 5 nitrogen and oxygen atoms in total. The van der Waals surface area contributed by atoms with Crippen molar-refractivity contribution in [1.82, 2.24) is 15.1 Å². The summed E-state index contributed by atoms with van der Waals surface area (Å²) < 4.78 is 15.8. The van der Waals surface area contributed by atoms with Crippen LogP contribution in [0.15, 0.2) is 18.2 Å². The smallest absolute Gasteiger partial charge is 0.251 e. The van der Waals surface area contributed by atoms with Gasteiger partial charge in [0.2, 0.25) is 11.9 Å². The fourth-order valence-electron chi connectivity index (χ4n) is 2.92. The summed E-state index contributed by atoms with van der Waals surface area (Å²) in [4.78, 5) is 23.3. The van der Waals surface area contributed by atoms with E-state index in [0.29, 0.717) is 17.3 Å². The Kier molecular flexibility index (Phi) is 3.27. The third kappa shape index (κ3) is 2.28. The molecule has 1 atom stereocenters. The standard InChI is InChI=1S/C16H18FN3O2/c1-16(2,3)9-5-4-6-10-13(9)14(17)19-20(10)11-7-8-12(21)18-15(11)22/h4-6,11H,7-8H2,1-3H3,(H,18,21,22). The molecule has 1 fully saturated rings. The van der Waals surface area contributed by atoms with E-state index in [1.54, 1.807) is 6.07 Å². The fraction of sp³-hybridized carbons (Fsp3) is 0.438. The summed E-state index contributed by atoms with van der Waals surface area (Å²) >= 11 is 0. The first-order valence-electron chi connectivity index (χ1n) is 7.30. The quantitative estimate of drug-likeness (QED) is 0.823. The molecule has 1 N–H and O–H groups in total. The zero-order chi connectivity index (χ0) is 16.1. The molecule has 3 rings (SSSR count). The van der Waals surface area contributed by atoms with E-state index in [1.807, 2.05) is 32.9 Å². The highest BCUT2D eigenvalue weighted by molar-refractivity contribution is 6.00. The molecule has 2 amide bonds. The average molecular weight is 303 g/mol. The second-order valence-corrected chi connectivity index (χ2v) is 6.65. The number of aromatic nitrogens is 2. The minimum atomic E-state index is -0.653. The van der Waals surface area contributed by atoms with Gasteiger partial charge in [0.05, 0.1) is 10.9 Å². The monoisotopic (exact) mass is 303 g/mol. The molecule has 2 heterocycles. The molecule has 1 aliphatic rings. The van der Waals surface area contributed by atoms with E-state index in [1.165, 1.54) is 4.68 Å². The molecule has 1 unspecified atom stereocenters. The normalized spacial score (nSPS) is 19.5. The maximum Gasteiger partial charge on any atom is 0.251 e. The maximum absolute atomic E-state index is 14.4. The van der Waals surface area contributed by atoms with Gasteiger partial charge in [0.15, 0.2) is 0 Å². The van der Waals surface area contributed by atoms with E-state index in [9.17, 15) is 14.0 Å². The number of nitrogens with one attached hydrogen (secondary N) is 1. The van der Waals surface area contributed by atoms with Crippen molar-refractivity contribution in [3.8, 4) is 0 Å². The van der Waals surface area contributed by atoms with E-state index < -0.39 is 17.9 Å². The summed E-state index contributed by atoms with van der Waals surface area (Å²) in [6, 6.07) is 4.82. The number of amides is 2. The lowest BCUT2D eigenvalue weighted by molar-refractivity contribution is -0.135. The molecular formula is C16H18FN3O2. The van der Waals surface area contributed by atoms with Crippen LogP contribution in [0, 0.1) is 5.95 Å². The van der Waals surface area contributed by atoms with Crippen LogP contribution < -0.4 is 5.32 Å². The lowest BCUT2D eigenvalue weighted by Crippen LogP contribution is -2.42. The number of carbonyl (C=O) groups is 2. The van der Waals surface area contributed by atoms with Gasteiger partial charge in [-0.05, 0) is 23.5 Å². The van der Waals surface area contributed by atoms with E-state index in [0.717, 1.165) is 5.56 Å². The lowest BCUT2D eigenvalue weighted by atomic mass is 9.85. The summed E-state index contributed by atoms with van der Waals surface area (Å²) in [6.07, 6.45) is 0.568. The summed E-state index contributed by atoms with van der Waals surface area (Å²) in [7, 11) is 0. The number of halogens is 1. The van der Waals surface area contributed by atoms with Gasteiger partial charge >= 0.3 is 0 Å². The van der Waals surface area contributed by atoms with E-state index in [4.69, 9.17) is 0 Å². The summed E-state index contributed by atoms with van der Waals surface area (Å²) in [5.41, 5.74) is 1.19. The molecule has 6 heteroatoms. The van der Waals surface area contributed by atoms with Gasteiger partial charge in [0.25, 0.3) is 5.91 Å². The van der Waals surface area contributed by atoms with E-state index in [-0.39, 0.29) is 17.7 Å². The van der Waals surface area contributed by atoms with Crippen LogP contribution >= 0.6 is 0 Å². The molecule has 0 aliphatic carbocycles. The molecule has 1 aromatic carbocycles. The molecular weight excluding hydrogens is 285 g/mol. The number of benzene rings is 1. The second kappa shape index (κ2) is 4.90. The van der Waals surface area contributed by atoms with Gasteiger partial charge in [-0.1, -0.05) is 32.9 Å². The zero-order valence-electron chi connectivity index (χ0n) is 12.8. The Morgan fingerprint density at radius 3 is 2.68 bits per heavy atom. The molecule has 1 aromatic heterocycles. The van der Waals surface area contributed by atoms with Crippen LogP contribution in [0.4, 0.5) is 4.39 Å². The van der Waals surface area contributed by atoms with Crippen LogP contribution in [0.2, 0.25) is 0 Å². The van der Waals surface area contributed by atoms with Gasteiger partial charge in [-0.25, -0.2) is 4.68 Å². The SMILES string of the molecule is CC(C)(C)c1cccc2c1c(F)nn2C1CCC(=O)NC1=O. The summed E-state index contributed by atoms with van der Waals surface area (Å²) in [6.45, 7) is 6.01. The second-order valence-electron chi connectivity index (χ2n) is 6.65. The van der Waals surface area contributed by atoms with Gasteiger partial charge in [0.1, 0.15) is 6.04 Å². The Balaban J connectivity index is 2.17. The molecule has 1 saturated heterocycles. The zero-order valence-corrected chi connectivity index (χ0v) is 12.8. The van der Waals surface area contributed by atoms with Crippen molar-refractivity contribution >= 4 is 22.7 Å². The van der Waals surface area contributed by atoms with Gasteiger partial charge in [-0.3, -0.25) is 14.9 Å². The number of hydrogen-bond donors (Lipinski definition) is 1. The number of piperidine rings is 1. The molecule has 0 bridgehead atoms. The van der Waals surface area contributed by atoms with Crippen LogP contribution in [0.3, 0.4) is 0 Å². The number of hydrogen-bond acceptors (Lipinski definition) is 3. The topological polar surface area (TPSA) is 64.0 Å². The predicted octanol–water partition coefficient (Wildman–Crippen LogP) is 2.45. The molecule has 1 aliphatic heterocycles. The minimum absolute atomic E-state index is 0.234. The van der Waals surface area contributed by atoms with Gasteiger partial charge in [-0.2, -0.15) is 4.39 Å². The number of carbonyl (C=O) groups excluding carboxylic acids is 2. The first kappa shape index (κ1) is 14.7. The van der Waals surface area contributed by atoms with E-state index >= 15 is 0 Å². The third-order valence-electron chi connectivity index (χ3n) is 4.00. The van der Waals surface area contributed by atoms with E-state index in [2.05, 4.69) is 10.4 Å². The minimum Gasteiger partial charge on any atom is -0.295 e. The van der Waals surface area contributed by atoms with Crippen molar-refractivity contribution in [3.05, 3.63) is 29.7 Å². The number of fused-ring (bicyclic) bond motifs is 1. The Morgan fingerprint density at radius 1 is 1.32 bits per heavy atom. The van der Waals surface area contributed by atoms with Crippen LogP contribution in [0.5, 0.6) is 0 Å². The Labute approximate surface area is 127 Å². The summed E-state index contributed by atoms with van der Waals surface area (Å²) in [5.74, 6) is -1.30. The maximum atomic E-state index is 14.4. The fourth-order valence-corrected chi connectivity index (χ4v) is 2.92. The molecule has 2 aromatic rings. The average Bonchev–Trinajstić information content (AvgIpc) is 2.75. The van der Waals surface area contributed by atoms with Crippen LogP contribution in [0.25, 0.3) is 10.9 Å². The van der Waals surface area contributed by atoms with Crippen molar-refractivity contribution in [3.63, 3.8) is 0 Å². The molecule has 0 spiro atoms. The number of imide groups is 1. The first-order valence-corrected chi connectivity index (χ1v) is 7.30. The number of nitrogens with zero attached hydrogens (tertiary/aromatic N) is 2. The Hall–Kier alpha value is -2.24. The highest BCUT2D eigenvalue weighted by atomic mass is 19.1. The molecule has 0 saturated carbocycles. The van der Waals surface area contributed by atoms with Crippen LogP contribution in [-0.2, 0) is 15.0 Å². The predicted molar refractivity (Wildman–Crippen MR) is 79.8 cm³/mol. The van der Waals surface area contributed by atoms with Gasteiger partial charge < -0.3 is 0 Å². The van der Waals surface area contributed by atoms with Crippen molar-refractivity contribution in [2.75, 3.05) is 0 Å². The number of rotatable bonds is 1. The first-order chi connectivity index (χ1) is 10.3. The highest BCUT2D eigenvalue weighted by Crippen LogP contribution is 2.33. The van der Waals surface area contributed by atoms with Gasteiger partial charge in [0, 0.05) is 6.42 Å².